The molecule has 1 aromatic carbocycles. The zero-order chi connectivity index (χ0) is 17.7. The van der Waals surface area contributed by atoms with Gasteiger partial charge >= 0.3 is 28.9 Å². The van der Waals surface area contributed by atoms with Crippen LogP contribution in [-0.4, -0.2) is 50.9 Å². The fourth-order valence-electron chi connectivity index (χ4n) is 3.33. The first-order chi connectivity index (χ1) is 11.3. The SMILES string of the molecule is COc1ccc2c(c1)CCC(N1CCCC(=O)C1)C2.[O-][Cl+](O)(O)O. The van der Waals surface area contributed by atoms with Crippen LogP contribution in [0.25, 0.3) is 0 Å². The van der Waals surface area contributed by atoms with Gasteiger partial charge in [0.05, 0.1) is 13.7 Å². The number of ketones is 1. The van der Waals surface area contributed by atoms with Gasteiger partial charge in [-0.25, -0.2) is 0 Å². The Hall–Kier alpha value is -1.22. The van der Waals surface area contributed by atoms with Gasteiger partial charge in [-0.15, -0.1) is 0 Å². The fourth-order valence-corrected chi connectivity index (χ4v) is 3.33. The van der Waals surface area contributed by atoms with Crippen molar-refractivity contribution in [1.29, 1.82) is 0 Å². The van der Waals surface area contributed by atoms with E-state index < -0.39 is 10.2 Å². The molecule has 1 fully saturated rings. The van der Waals surface area contributed by atoms with E-state index in [4.69, 9.17) is 23.4 Å². The maximum absolute atomic E-state index is 11.6. The van der Waals surface area contributed by atoms with Crippen molar-refractivity contribution in [3.05, 3.63) is 29.3 Å². The maximum atomic E-state index is 11.6. The second-order valence-electron chi connectivity index (χ2n) is 6.08. The number of methoxy groups -OCH3 is 1. The third kappa shape index (κ3) is 6.01. The standard InChI is InChI=1S/C16H21NO2.ClH3O4/c1-19-16-7-5-12-9-14(6-4-13(12)10-16)17-8-2-3-15(18)11-17;2-1(3,4)5/h5,7,10,14H,2-4,6,8-9,11H2,1H3;2-4H. The average Bonchev–Trinajstić information content (AvgIpc) is 2.52. The second kappa shape index (κ2) is 8.24. The molecule has 0 saturated carbocycles. The number of halogens is 1. The molecule has 24 heavy (non-hydrogen) atoms. The Morgan fingerprint density at radius 1 is 1.25 bits per heavy atom. The molecule has 0 radical (unpaired) electrons. The molecule has 1 aliphatic carbocycles. The Balaban J connectivity index is 0.000000368. The third-order valence-corrected chi connectivity index (χ3v) is 4.41. The van der Waals surface area contributed by atoms with Gasteiger partial charge in [-0.05, 0) is 55.5 Å². The Labute approximate surface area is 143 Å². The molecule has 0 amide bonds. The van der Waals surface area contributed by atoms with Gasteiger partial charge in [0.25, 0.3) is 0 Å². The minimum atomic E-state index is -4.19. The summed E-state index contributed by atoms with van der Waals surface area (Å²) in [6.45, 7) is 1.75. The van der Waals surface area contributed by atoms with Gasteiger partial charge < -0.3 is 4.74 Å². The van der Waals surface area contributed by atoms with Gasteiger partial charge in [-0.3, -0.25) is 9.69 Å². The van der Waals surface area contributed by atoms with E-state index in [-0.39, 0.29) is 0 Å². The number of likely N-dealkylation sites (tertiary alicyclic amines) is 1. The number of aryl methyl sites for hydroxylation is 1. The van der Waals surface area contributed by atoms with Crippen LogP contribution in [0, 0.1) is 10.2 Å². The summed E-state index contributed by atoms with van der Waals surface area (Å²) >= 11 is 0. The first kappa shape index (κ1) is 19.1. The summed E-state index contributed by atoms with van der Waals surface area (Å²) < 4.78 is 35.5. The quantitative estimate of drug-likeness (QED) is 0.642. The van der Waals surface area contributed by atoms with Crippen LogP contribution in [0.2, 0.25) is 0 Å². The van der Waals surface area contributed by atoms with Gasteiger partial charge in [0.2, 0.25) is 0 Å². The van der Waals surface area contributed by atoms with Crippen LogP contribution in [0.5, 0.6) is 5.75 Å². The number of fused-ring (bicyclic) bond motifs is 1. The van der Waals surface area contributed by atoms with E-state index in [0.717, 1.165) is 44.4 Å². The van der Waals surface area contributed by atoms with Gasteiger partial charge in [0, 0.05) is 12.5 Å². The molecule has 1 atom stereocenters. The first-order valence-electron chi connectivity index (χ1n) is 7.84. The Bertz CT molecular complexity index is 568. The number of benzene rings is 1. The van der Waals surface area contributed by atoms with E-state index in [0.29, 0.717) is 18.4 Å². The molecule has 0 spiro atoms. The number of nitrogens with zero attached hydrogens (tertiary/aromatic N) is 1. The number of ether oxygens (including phenoxy) is 1. The van der Waals surface area contributed by atoms with E-state index in [1.54, 1.807) is 7.11 Å². The van der Waals surface area contributed by atoms with Crippen LogP contribution in [0.1, 0.15) is 30.4 Å². The molecule has 136 valence electrons. The molecular formula is C16H24ClNO6. The van der Waals surface area contributed by atoms with Crippen LogP contribution < -0.4 is 9.40 Å². The minimum absolute atomic E-state index is 0.409. The number of rotatable bonds is 2. The van der Waals surface area contributed by atoms with Gasteiger partial charge in [-0.1, -0.05) is 6.07 Å². The van der Waals surface area contributed by atoms with Gasteiger partial charge in [0.15, 0.2) is 0 Å². The Morgan fingerprint density at radius 2 is 1.96 bits per heavy atom. The van der Waals surface area contributed by atoms with Crippen LogP contribution in [-0.2, 0) is 17.6 Å². The first-order valence-corrected chi connectivity index (χ1v) is 9.16. The average molecular weight is 362 g/mol. The summed E-state index contributed by atoms with van der Waals surface area (Å²) in [5.41, 5.74) is 2.84. The fraction of sp³-hybridized carbons (Fsp3) is 0.562. The van der Waals surface area contributed by atoms with E-state index in [2.05, 4.69) is 17.0 Å². The number of carbonyl (C=O) groups excluding carboxylic acids is 1. The van der Waals surface area contributed by atoms with Crippen molar-refractivity contribution in [3.63, 3.8) is 0 Å². The van der Waals surface area contributed by atoms with Gasteiger partial charge in [0.1, 0.15) is 11.5 Å². The topological polar surface area (TPSA) is 113 Å². The van der Waals surface area contributed by atoms with Crippen molar-refractivity contribution in [2.75, 3.05) is 20.2 Å². The van der Waals surface area contributed by atoms with Crippen molar-refractivity contribution >= 4 is 5.78 Å². The van der Waals surface area contributed by atoms with Crippen molar-refractivity contribution in [2.45, 2.75) is 38.1 Å². The molecule has 3 N–H and O–H groups in total. The molecule has 1 aromatic rings. The van der Waals surface area contributed by atoms with E-state index in [1.165, 1.54) is 11.1 Å². The number of hydrogen-bond acceptors (Lipinski definition) is 7. The molecule has 1 unspecified atom stereocenters. The van der Waals surface area contributed by atoms with Crippen molar-refractivity contribution in [1.82, 2.24) is 4.90 Å². The van der Waals surface area contributed by atoms with Crippen molar-refractivity contribution in [3.8, 4) is 5.75 Å². The number of carbonyl (C=O) groups is 1. The number of hydrogen-bond donors (Lipinski definition) is 3. The molecule has 7 nitrogen and oxygen atoms in total. The van der Waals surface area contributed by atoms with Crippen molar-refractivity contribution < 1.29 is 38.4 Å². The summed E-state index contributed by atoms with van der Waals surface area (Å²) in [6, 6.07) is 6.94. The normalized spacial score (nSPS) is 22.2. The Kier molecular flexibility index (Phi) is 6.56. The summed E-state index contributed by atoms with van der Waals surface area (Å²) in [6.07, 6.45) is 5.14. The molecule has 1 aliphatic heterocycles. The Morgan fingerprint density at radius 3 is 2.58 bits per heavy atom. The monoisotopic (exact) mass is 361 g/mol. The summed E-state index contributed by atoms with van der Waals surface area (Å²) in [4.78, 5) is 14.0. The molecule has 0 aromatic heterocycles. The van der Waals surface area contributed by atoms with Crippen molar-refractivity contribution in [2.24, 2.45) is 0 Å². The second-order valence-corrected chi connectivity index (χ2v) is 6.95. The molecule has 3 rings (SSSR count). The molecule has 1 saturated heterocycles. The number of piperidine rings is 1. The molecule has 1 heterocycles. The molecule has 2 aliphatic rings. The van der Waals surface area contributed by atoms with Crippen LogP contribution in [0.15, 0.2) is 18.2 Å². The number of Topliss-reactive ketones (excluding diaryl/α,β-unsaturated/α-hetero) is 1. The molecule has 0 bridgehead atoms. The molecular weight excluding hydrogens is 338 g/mol. The van der Waals surface area contributed by atoms with Crippen LogP contribution in [0.3, 0.4) is 0 Å². The third-order valence-electron chi connectivity index (χ3n) is 4.41. The van der Waals surface area contributed by atoms with Crippen LogP contribution >= 0.6 is 0 Å². The van der Waals surface area contributed by atoms with Crippen LogP contribution in [0.4, 0.5) is 0 Å². The summed E-state index contributed by atoms with van der Waals surface area (Å²) in [5, 5.41) is 0. The molecule has 8 heteroatoms. The zero-order valence-electron chi connectivity index (χ0n) is 13.7. The summed E-state index contributed by atoms with van der Waals surface area (Å²) in [7, 11) is -2.48. The van der Waals surface area contributed by atoms with Gasteiger partial charge in [-0.2, -0.15) is 0 Å². The predicted molar refractivity (Wildman–Crippen MR) is 81.3 cm³/mol. The summed E-state index contributed by atoms with van der Waals surface area (Å²) in [5.74, 6) is 1.36. The zero-order valence-corrected chi connectivity index (χ0v) is 14.4. The van der Waals surface area contributed by atoms with E-state index in [9.17, 15) is 4.79 Å². The van der Waals surface area contributed by atoms with E-state index in [1.807, 2.05) is 6.07 Å². The predicted octanol–water partition coefficient (Wildman–Crippen LogP) is -0.643. The van der Waals surface area contributed by atoms with E-state index >= 15 is 0 Å².